The molecule has 0 bridgehead atoms. The number of nitrogens with zero attached hydrogens (tertiary/aromatic N) is 2. The van der Waals surface area contributed by atoms with E-state index in [-0.39, 0.29) is 5.82 Å². The van der Waals surface area contributed by atoms with E-state index < -0.39 is 0 Å². The molecule has 1 saturated carbocycles. The number of rotatable bonds is 3. The standard InChI is InChI=1S/C14H15ClFIN2/c1-8-4-9(5-8)19-13-6-10(16)11(17)7-12(13)18-14(19)2-3-15/h6-9H,2-5H2,1H3. The van der Waals surface area contributed by atoms with Crippen molar-refractivity contribution < 1.29 is 4.39 Å². The van der Waals surface area contributed by atoms with Gasteiger partial charge < -0.3 is 4.57 Å². The van der Waals surface area contributed by atoms with Crippen LogP contribution in [0, 0.1) is 15.3 Å². The number of imidazole rings is 1. The number of alkyl halides is 1. The molecular formula is C14H15ClFIN2. The summed E-state index contributed by atoms with van der Waals surface area (Å²) in [6.07, 6.45) is 3.03. The van der Waals surface area contributed by atoms with Crippen LogP contribution in [0.3, 0.4) is 0 Å². The molecule has 0 amide bonds. The van der Waals surface area contributed by atoms with Gasteiger partial charge in [-0.25, -0.2) is 9.37 Å². The lowest BCUT2D eigenvalue weighted by Crippen LogP contribution is -2.26. The first-order valence-electron chi connectivity index (χ1n) is 6.52. The average molecular weight is 393 g/mol. The zero-order valence-corrected chi connectivity index (χ0v) is 13.6. The molecule has 19 heavy (non-hydrogen) atoms. The van der Waals surface area contributed by atoms with Crippen molar-refractivity contribution >= 4 is 45.2 Å². The van der Waals surface area contributed by atoms with Crippen molar-refractivity contribution in [3.05, 3.63) is 27.3 Å². The third-order valence-electron chi connectivity index (χ3n) is 3.84. The lowest BCUT2D eigenvalue weighted by Gasteiger charge is -2.35. The molecule has 2 aromatic rings. The molecule has 1 aromatic carbocycles. The Hall–Kier alpha value is -0.360. The Balaban J connectivity index is 2.14. The van der Waals surface area contributed by atoms with Crippen LogP contribution in [0.15, 0.2) is 12.1 Å². The fraction of sp³-hybridized carbons (Fsp3) is 0.500. The zero-order valence-electron chi connectivity index (χ0n) is 10.7. The van der Waals surface area contributed by atoms with Crippen LogP contribution >= 0.6 is 34.2 Å². The summed E-state index contributed by atoms with van der Waals surface area (Å²) >= 11 is 7.87. The minimum Gasteiger partial charge on any atom is -0.325 e. The molecule has 1 aliphatic rings. The second-order valence-electron chi connectivity index (χ2n) is 5.32. The number of halogens is 3. The van der Waals surface area contributed by atoms with Crippen molar-refractivity contribution in [2.24, 2.45) is 5.92 Å². The normalized spacial score (nSPS) is 22.7. The van der Waals surface area contributed by atoms with Crippen LogP contribution in [0.25, 0.3) is 11.0 Å². The van der Waals surface area contributed by atoms with E-state index in [0.29, 0.717) is 15.5 Å². The van der Waals surface area contributed by atoms with E-state index in [1.165, 1.54) is 0 Å². The van der Waals surface area contributed by atoms with Crippen molar-refractivity contribution in [1.29, 1.82) is 0 Å². The SMILES string of the molecule is CC1CC(n2c(CCCl)nc3cc(I)c(F)cc32)C1. The number of hydrogen-bond donors (Lipinski definition) is 0. The van der Waals surface area contributed by atoms with Crippen molar-refractivity contribution in [2.45, 2.75) is 32.2 Å². The van der Waals surface area contributed by atoms with Crippen LogP contribution in [0.2, 0.25) is 0 Å². The van der Waals surface area contributed by atoms with Crippen LogP contribution in [0.1, 0.15) is 31.6 Å². The Morgan fingerprint density at radius 1 is 1.47 bits per heavy atom. The molecule has 0 aliphatic heterocycles. The van der Waals surface area contributed by atoms with Gasteiger partial charge in [-0.05, 0) is 47.4 Å². The van der Waals surface area contributed by atoms with E-state index >= 15 is 0 Å². The second-order valence-corrected chi connectivity index (χ2v) is 6.86. The summed E-state index contributed by atoms with van der Waals surface area (Å²) in [5, 5.41) is 0. The predicted octanol–water partition coefficient (Wildman–Crippen LogP) is 4.53. The topological polar surface area (TPSA) is 17.8 Å². The molecule has 5 heteroatoms. The average Bonchev–Trinajstić information content (AvgIpc) is 2.64. The maximum atomic E-state index is 13.8. The highest BCUT2D eigenvalue weighted by molar-refractivity contribution is 14.1. The van der Waals surface area contributed by atoms with Crippen molar-refractivity contribution in [3.8, 4) is 0 Å². The Morgan fingerprint density at radius 3 is 2.84 bits per heavy atom. The van der Waals surface area contributed by atoms with Gasteiger partial charge >= 0.3 is 0 Å². The van der Waals surface area contributed by atoms with E-state index in [0.717, 1.165) is 42.0 Å². The van der Waals surface area contributed by atoms with E-state index in [1.807, 2.05) is 28.7 Å². The van der Waals surface area contributed by atoms with E-state index in [9.17, 15) is 4.39 Å². The minimum atomic E-state index is -0.168. The highest BCUT2D eigenvalue weighted by atomic mass is 127. The maximum Gasteiger partial charge on any atom is 0.138 e. The minimum absolute atomic E-state index is 0.168. The number of aryl methyl sites for hydroxylation is 1. The number of benzene rings is 1. The van der Waals surface area contributed by atoms with Gasteiger partial charge in [-0.1, -0.05) is 6.92 Å². The predicted molar refractivity (Wildman–Crippen MR) is 84.3 cm³/mol. The van der Waals surface area contributed by atoms with Crippen LogP contribution in [0.4, 0.5) is 4.39 Å². The smallest absolute Gasteiger partial charge is 0.138 e. The summed E-state index contributed by atoms with van der Waals surface area (Å²) in [5.41, 5.74) is 1.79. The molecule has 1 heterocycles. The largest absolute Gasteiger partial charge is 0.325 e. The maximum absolute atomic E-state index is 13.8. The molecule has 2 nitrogen and oxygen atoms in total. The highest BCUT2D eigenvalue weighted by Crippen LogP contribution is 2.40. The van der Waals surface area contributed by atoms with Gasteiger partial charge in [-0.15, -0.1) is 11.6 Å². The summed E-state index contributed by atoms with van der Waals surface area (Å²) in [7, 11) is 0. The first-order valence-corrected chi connectivity index (χ1v) is 8.13. The number of aromatic nitrogens is 2. The van der Waals surface area contributed by atoms with Gasteiger partial charge in [0.25, 0.3) is 0 Å². The van der Waals surface area contributed by atoms with Crippen molar-refractivity contribution in [1.82, 2.24) is 9.55 Å². The fourth-order valence-electron chi connectivity index (χ4n) is 2.88. The molecule has 0 N–H and O–H groups in total. The summed E-state index contributed by atoms with van der Waals surface area (Å²) in [6, 6.07) is 3.89. The molecule has 1 fully saturated rings. The molecular weight excluding hydrogens is 378 g/mol. The van der Waals surface area contributed by atoms with Gasteiger partial charge in [-0.2, -0.15) is 0 Å². The molecule has 0 radical (unpaired) electrons. The van der Waals surface area contributed by atoms with Gasteiger partial charge in [0.15, 0.2) is 0 Å². The molecule has 3 rings (SSSR count). The summed E-state index contributed by atoms with van der Waals surface area (Å²) < 4.78 is 16.6. The molecule has 102 valence electrons. The van der Waals surface area contributed by atoms with Crippen molar-refractivity contribution in [2.75, 3.05) is 5.88 Å². The third-order valence-corrected chi connectivity index (χ3v) is 4.85. The third kappa shape index (κ3) is 2.37. The van der Waals surface area contributed by atoms with E-state index in [1.54, 1.807) is 6.07 Å². The molecule has 1 aliphatic carbocycles. The molecule has 0 atom stereocenters. The van der Waals surface area contributed by atoms with Gasteiger partial charge in [0.1, 0.15) is 11.6 Å². The molecule has 0 spiro atoms. The summed E-state index contributed by atoms with van der Waals surface area (Å²) in [6.45, 7) is 2.25. The zero-order chi connectivity index (χ0) is 13.6. The lowest BCUT2D eigenvalue weighted by atomic mass is 9.81. The molecule has 1 aromatic heterocycles. The summed E-state index contributed by atoms with van der Waals surface area (Å²) in [5.74, 6) is 2.12. The first kappa shape index (κ1) is 13.6. The first-order chi connectivity index (χ1) is 9.10. The summed E-state index contributed by atoms with van der Waals surface area (Å²) in [4.78, 5) is 4.64. The van der Waals surface area contributed by atoms with Gasteiger partial charge in [-0.3, -0.25) is 0 Å². The molecule has 0 unspecified atom stereocenters. The van der Waals surface area contributed by atoms with Gasteiger partial charge in [0, 0.05) is 24.4 Å². The Bertz CT molecular complexity index is 619. The monoisotopic (exact) mass is 392 g/mol. The number of hydrogen-bond acceptors (Lipinski definition) is 1. The molecule has 0 saturated heterocycles. The van der Waals surface area contributed by atoms with Crippen LogP contribution in [0.5, 0.6) is 0 Å². The Kier molecular flexibility index (Phi) is 3.73. The van der Waals surface area contributed by atoms with Crippen molar-refractivity contribution in [3.63, 3.8) is 0 Å². The fourth-order valence-corrected chi connectivity index (χ4v) is 3.50. The quantitative estimate of drug-likeness (QED) is 0.554. The second kappa shape index (κ2) is 5.20. The van der Waals surface area contributed by atoms with Crippen LogP contribution in [-0.4, -0.2) is 15.4 Å². The van der Waals surface area contributed by atoms with Gasteiger partial charge in [0.2, 0.25) is 0 Å². The Labute approximate surface area is 130 Å². The Morgan fingerprint density at radius 2 is 2.21 bits per heavy atom. The van der Waals surface area contributed by atoms with Gasteiger partial charge in [0.05, 0.1) is 14.6 Å². The lowest BCUT2D eigenvalue weighted by molar-refractivity contribution is 0.217. The van der Waals surface area contributed by atoms with Crippen LogP contribution in [-0.2, 0) is 6.42 Å². The van der Waals surface area contributed by atoms with Crippen LogP contribution < -0.4 is 0 Å². The van der Waals surface area contributed by atoms with E-state index in [2.05, 4.69) is 16.5 Å². The highest BCUT2D eigenvalue weighted by Gasteiger charge is 2.30. The van der Waals surface area contributed by atoms with E-state index in [4.69, 9.17) is 11.6 Å². The number of fused-ring (bicyclic) bond motifs is 1.